The first-order valence-electron chi connectivity index (χ1n) is 4.84. The molecule has 2 N–H and O–H groups in total. The van der Waals surface area contributed by atoms with E-state index in [1.54, 1.807) is 0 Å². The second kappa shape index (κ2) is 6.36. The molecule has 0 fully saturated rings. The van der Waals surface area contributed by atoms with Crippen LogP contribution in [0.3, 0.4) is 0 Å². The van der Waals surface area contributed by atoms with Crippen LogP contribution in [0.5, 0.6) is 0 Å². The fourth-order valence-corrected chi connectivity index (χ4v) is 1.29. The predicted octanol–water partition coefficient (Wildman–Crippen LogP) is -0.588. The minimum absolute atomic E-state index is 0.0173. The highest BCUT2D eigenvalue weighted by Gasteiger charge is 2.11. The van der Waals surface area contributed by atoms with Gasteiger partial charge in [-0.05, 0) is 0 Å². The van der Waals surface area contributed by atoms with Crippen LogP contribution in [0.4, 0.5) is 0 Å². The zero-order valence-electron chi connectivity index (χ0n) is 9.37. The van der Waals surface area contributed by atoms with Crippen LogP contribution in [0.2, 0.25) is 10.0 Å². The smallest absolute Gasteiger partial charge is 0.287 e. The molecule has 18 heavy (non-hydrogen) atoms. The van der Waals surface area contributed by atoms with E-state index >= 15 is 0 Å². The molecule has 0 aliphatic carbocycles. The Labute approximate surface area is 112 Å². The molecule has 0 aliphatic heterocycles. The molecule has 0 aromatic carbocycles. The van der Waals surface area contributed by atoms with Gasteiger partial charge in [0.1, 0.15) is 11.6 Å². The van der Waals surface area contributed by atoms with E-state index < -0.39 is 11.5 Å². The third-order valence-electron chi connectivity index (χ3n) is 1.96. The minimum atomic E-state index is -0.667. The molecule has 0 spiro atoms. The number of rotatable bonds is 4. The Morgan fingerprint density at radius 1 is 1.39 bits per heavy atom. The van der Waals surface area contributed by atoms with E-state index in [0.717, 1.165) is 10.9 Å². The van der Waals surface area contributed by atoms with E-state index in [1.807, 2.05) is 0 Å². The Morgan fingerprint density at radius 2 is 2.06 bits per heavy atom. The first-order chi connectivity index (χ1) is 8.45. The van der Waals surface area contributed by atoms with Crippen molar-refractivity contribution in [3.63, 3.8) is 0 Å². The summed E-state index contributed by atoms with van der Waals surface area (Å²) in [6.45, 7) is -0.516. The van der Waals surface area contributed by atoms with Gasteiger partial charge in [0, 0.05) is 7.05 Å². The molecule has 2 amide bonds. The number of hydrogen-bond donors (Lipinski definition) is 2. The molecule has 1 aromatic heterocycles. The van der Waals surface area contributed by atoms with E-state index in [1.165, 1.54) is 7.05 Å². The monoisotopic (exact) mass is 292 g/mol. The van der Waals surface area contributed by atoms with E-state index in [2.05, 4.69) is 15.7 Å². The van der Waals surface area contributed by atoms with Crippen molar-refractivity contribution in [2.75, 3.05) is 13.6 Å². The van der Waals surface area contributed by atoms with Crippen molar-refractivity contribution in [3.8, 4) is 0 Å². The summed E-state index contributed by atoms with van der Waals surface area (Å²) in [6, 6.07) is 0. The number of halogens is 2. The molecule has 0 radical (unpaired) electrons. The maximum absolute atomic E-state index is 11.5. The van der Waals surface area contributed by atoms with Gasteiger partial charge in [0.15, 0.2) is 0 Å². The molecule has 0 atom stereocenters. The lowest BCUT2D eigenvalue weighted by molar-refractivity contribution is -0.126. The first-order valence-corrected chi connectivity index (χ1v) is 5.59. The fourth-order valence-electron chi connectivity index (χ4n) is 1.02. The zero-order chi connectivity index (χ0) is 13.7. The molecular weight excluding hydrogens is 283 g/mol. The lowest BCUT2D eigenvalue weighted by Gasteiger charge is -2.06. The van der Waals surface area contributed by atoms with Crippen LogP contribution in [0.25, 0.3) is 0 Å². The molecule has 0 unspecified atom stereocenters. The lowest BCUT2D eigenvalue weighted by atomic mass is 10.5. The van der Waals surface area contributed by atoms with Crippen LogP contribution < -0.4 is 16.2 Å². The van der Waals surface area contributed by atoms with E-state index in [0.29, 0.717) is 0 Å². The molecule has 9 heteroatoms. The van der Waals surface area contributed by atoms with Crippen molar-refractivity contribution in [2.24, 2.45) is 0 Å². The molecule has 1 rings (SSSR count). The van der Waals surface area contributed by atoms with Gasteiger partial charge in [-0.15, -0.1) is 0 Å². The second-order valence-electron chi connectivity index (χ2n) is 3.22. The molecule has 0 saturated heterocycles. The minimum Gasteiger partial charge on any atom is -0.358 e. The zero-order valence-corrected chi connectivity index (χ0v) is 10.9. The molecule has 0 bridgehead atoms. The number of aromatic nitrogens is 2. The predicted molar refractivity (Wildman–Crippen MR) is 65.6 cm³/mol. The third kappa shape index (κ3) is 3.71. The molecule has 7 nitrogen and oxygen atoms in total. The summed E-state index contributed by atoms with van der Waals surface area (Å²) in [5.41, 5.74) is -0.667. The Kier molecular flexibility index (Phi) is 5.11. The van der Waals surface area contributed by atoms with Crippen LogP contribution in [-0.4, -0.2) is 35.2 Å². The SMILES string of the molecule is CNC(=O)CNC(=O)Cn1ncc(Cl)c(Cl)c1=O. The maximum Gasteiger partial charge on any atom is 0.287 e. The van der Waals surface area contributed by atoms with Gasteiger partial charge in [-0.25, -0.2) is 4.68 Å². The van der Waals surface area contributed by atoms with Gasteiger partial charge in [-0.3, -0.25) is 14.4 Å². The van der Waals surface area contributed by atoms with Gasteiger partial charge in [0.05, 0.1) is 17.8 Å². The van der Waals surface area contributed by atoms with Crippen molar-refractivity contribution in [2.45, 2.75) is 6.54 Å². The highest BCUT2D eigenvalue weighted by Crippen LogP contribution is 2.14. The molecule has 1 heterocycles. The average molecular weight is 293 g/mol. The number of nitrogens with zero attached hydrogens (tertiary/aromatic N) is 2. The standard InChI is InChI=1S/C9H10Cl2N4O3/c1-12-6(16)3-13-7(17)4-15-9(18)8(11)5(10)2-14-15/h2H,3-4H2,1H3,(H,12,16)(H,13,17). The molecule has 0 aliphatic rings. The number of likely N-dealkylation sites (N-methyl/N-ethyl adjacent to an activating group) is 1. The Bertz CT molecular complexity index is 529. The highest BCUT2D eigenvalue weighted by atomic mass is 35.5. The number of nitrogens with one attached hydrogen (secondary N) is 2. The lowest BCUT2D eigenvalue weighted by Crippen LogP contribution is -2.39. The van der Waals surface area contributed by atoms with Crippen LogP contribution in [-0.2, 0) is 16.1 Å². The number of hydrogen-bond acceptors (Lipinski definition) is 4. The van der Waals surface area contributed by atoms with Crippen molar-refractivity contribution < 1.29 is 9.59 Å². The number of amides is 2. The van der Waals surface area contributed by atoms with Crippen molar-refractivity contribution in [1.82, 2.24) is 20.4 Å². The first kappa shape index (κ1) is 14.5. The second-order valence-corrected chi connectivity index (χ2v) is 4.00. The van der Waals surface area contributed by atoms with Crippen LogP contribution in [0, 0.1) is 0 Å². The topological polar surface area (TPSA) is 93.1 Å². The molecule has 1 aromatic rings. The summed E-state index contributed by atoms with van der Waals surface area (Å²) in [6.07, 6.45) is 1.16. The highest BCUT2D eigenvalue weighted by molar-refractivity contribution is 6.41. The van der Waals surface area contributed by atoms with Crippen molar-refractivity contribution in [3.05, 3.63) is 26.6 Å². The largest absolute Gasteiger partial charge is 0.358 e. The molecule has 0 saturated carbocycles. The Morgan fingerprint density at radius 3 is 2.67 bits per heavy atom. The van der Waals surface area contributed by atoms with Gasteiger partial charge in [0.25, 0.3) is 5.56 Å². The number of carbonyl (C=O) groups excluding carboxylic acids is 2. The van der Waals surface area contributed by atoms with E-state index in [-0.39, 0.29) is 29.0 Å². The molecule has 98 valence electrons. The summed E-state index contributed by atoms with van der Waals surface area (Å²) < 4.78 is 0.855. The van der Waals surface area contributed by atoms with Gasteiger partial charge in [-0.2, -0.15) is 5.10 Å². The van der Waals surface area contributed by atoms with Gasteiger partial charge in [-0.1, -0.05) is 23.2 Å². The normalized spacial score (nSPS) is 9.94. The van der Waals surface area contributed by atoms with Crippen LogP contribution in [0.15, 0.2) is 11.0 Å². The fraction of sp³-hybridized carbons (Fsp3) is 0.333. The maximum atomic E-state index is 11.5. The quantitative estimate of drug-likeness (QED) is 0.776. The van der Waals surface area contributed by atoms with E-state index in [9.17, 15) is 14.4 Å². The van der Waals surface area contributed by atoms with Crippen molar-refractivity contribution in [1.29, 1.82) is 0 Å². The Hall–Kier alpha value is -1.60. The summed E-state index contributed by atoms with van der Waals surface area (Å²) in [5, 5.41) is 8.12. The van der Waals surface area contributed by atoms with Crippen LogP contribution >= 0.6 is 23.2 Å². The van der Waals surface area contributed by atoms with Gasteiger partial charge < -0.3 is 10.6 Å². The number of carbonyl (C=O) groups is 2. The average Bonchev–Trinajstić information content (AvgIpc) is 2.36. The van der Waals surface area contributed by atoms with Gasteiger partial charge >= 0.3 is 0 Å². The van der Waals surface area contributed by atoms with Crippen molar-refractivity contribution >= 4 is 35.0 Å². The third-order valence-corrected chi connectivity index (χ3v) is 2.71. The van der Waals surface area contributed by atoms with Crippen LogP contribution in [0.1, 0.15) is 0 Å². The Balaban J connectivity index is 2.68. The van der Waals surface area contributed by atoms with E-state index in [4.69, 9.17) is 23.2 Å². The summed E-state index contributed by atoms with van der Waals surface area (Å²) >= 11 is 11.2. The van der Waals surface area contributed by atoms with Gasteiger partial charge in [0.2, 0.25) is 11.8 Å². The summed E-state index contributed by atoms with van der Waals surface area (Å²) in [5.74, 6) is -0.885. The summed E-state index contributed by atoms with van der Waals surface area (Å²) in [7, 11) is 1.44. The summed E-state index contributed by atoms with van der Waals surface area (Å²) in [4.78, 5) is 33.8. The molecular formula is C9H10Cl2N4O3.